The third-order valence-corrected chi connectivity index (χ3v) is 6.57. The molecular weight excluding hydrogens is 361 g/mol. The van der Waals surface area contributed by atoms with Gasteiger partial charge >= 0.3 is 0 Å². The summed E-state index contributed by atoms with van der Waals surface area (Å²) in [5, 5.41) is 3.02. The van der Waals surface area contributed by atoms with Crippen LogP contribution in [0.1, 0.15) is 37.8 Å². The van der Waals surface area contributed by atoms with E-state index in [9.17, 15) is 9.18 Å². The molecular formula is C21H26FN3OS. The van der Waals surface area contributed by atoms with Gasteiger partial charge in [0, 0.05) is 36.5 Å². The Hall–Kier alpha value is -1.79. The van der Waals surface area contributed by atoms with E-state index < -0.39 is 0 Å². The number of nitrogens with zero attached hydrogens (tertiary/aromatic N) is 3. The van der Waals surface area contributed by atoms with Crippen LogP contribution in [-0.2, 0) is 11.3 Å². The molecule has 1 amide bonds. The van der Waals surface area contributed by atoms with Crippen LogP contribution in [0, 0.1) is 11.7 Å². The Morgan fingerprint density at radius 1 is 1.07 bits per heavy atom. The van der Waals surface area contributed by atoms with Crippen molar-refractivity contribution in [2.75, 3.05) is 26.2 Å². The molecule has 144 valence electrons. The molecule has 0 saturated carbocycles. The summed E-state index contributed by atoms with van der Waals surface area (Å²) in [6, 6.07) is 6.49. The first kappa shape index (κ1) is 18.6. The number of hydrogen-bond donors (Lipinski definition) is 0. The lowest BCUT2D eigenvalue weighted by Crippen LogP contribution is -2.44. The van der Waals surface area contributed by atoms with Crippen molar-refractivity contribution in [2.45, 2.75) is 38.6 Å². The topological polar surface area (TPSA) is 36.4 Å². The molecule has 4 rings (SSSR count). The zero-order valence-corrected chi connectivity index (χ0v) is 16.4. The lowest BCUT2D eigenvalue weighted by molar-refractivity contribution is -0.138. The van der Waals surface area contributed by atoms with Crippen LogP contribution < -0.4 is 0 Å². The molecule has 0 aliphatic carbocycles. The minimum atomic E-state index is -0.225. The third-order valence-electron chi connectivity index (χ3n) is 5.63. The summed E-state index contributed by atoms with van der Waals surface area (Å²) in [5.41, 5.74) is 2.01. The number of carbonyl (C=O) groups is 1. The normalized spacial score (nSPS) is 19.4. The number of piperidine rings is 2. The maximum atomic E-state index is 13.1. The largest absolute Gasteiger partial charge is 0.342 e. The Balaban J connectivity index is 1.29. The fraction of sp³-hybridized carbons (Fsp3) is 0.524. The number of benzene rings is 1. The smallest absolute Gasteiger partial charge is 0.225 e. The van der Waals surface area contributed by atoms with Gasteiger partial charge in [0.1, 0.15) is 10.8 Å². The average molecular weight is 388 g/mol. The molecule has 0 bridgehead atoms. The molecule has 3 heterocycles. The second-order valence-corrected chi connectivity index (χ2v) is 8.45. The van der Waals surface area contributed by atoms with E-state index in [1.54, 1.807) is 23.5 Å². The highest BCUT2D eigenvalue weighted by atomic mass is 32.1. The molecule has 6 heteroatoms. The van der Waals surface area contributed by atoms with Crippen molar-refractivity contribution in [1.29, 1.82) is 0 Å². The zero-order chi connectivity index (χ0) is 18.6. The predicted molar refractivity (Wildman–Crippen MR) is 106 cm³/mol. The van der Waals surface area contributed by atoms with E-state index in [2.05, 4.69) is 15.2 Å². The number of amides is 1. The summed E-state index contributed by atoms with van der Waals surface area (Å²) >= 11 is 1.60. The van der Waals surface area contributed by atoms with E-state index in [1.165, 1.54) is 18.6 Å². The number of rotatable bonds is 4. The van der Waals surface area contributed by atoms with Crippen molar-refractivity contribution in [3.8, 4) is 10.6 Å². The van der Waals surface area contributed by atoms with Gasteiger partial charge in [-0.1, -0.05) is 0 Å². The van der Waals surface area contributed by atoms with Crippen molar-refractivity contribution >= 4 is 17.2 Å². The summed E-state index contributed by atoms with van der Waals surface area (Å²) in [4.78, 5) is 21.9. The monoisotopic (exact) mass is 387 g/mol. The highest BCUT2D eigenvalue weighted by Gasteiger charge is 2.29. The maximum absolute atomic E-state index is 13.1. The highest BCUT2D eigenvalue weighted by molar-refractivity contribution is 7.13. The quantitative estimate of drug-likeness (QED) is 0.790. The fourth-order valence-electron chi connectivity index (χ4n) is 4.04. The van der Waals surface area contributed by atoms with Crippen molar-refractivity contribution in [1.82, 2.24) is 14.8 Å². The van der Waals surface area contributed by atoms with Crippen molar-refractivity contribution < 1.29 is 9.18 Å². The number of aromatic nitrogens is 1. The highest BCUT2D eigenvalue weighted by Crippen LogP contribution is 2.26. The second kappa shape index (κ2) is 8.48. The van der Waals surface area contributed by atoms with E-state index in [0.717, 1.165) is 74.7 Å². The molecule has 2 fully saturated rings. The van der Waals surface area contributed by atoms with Gasteiger partial charge in [0.25, 0.3) is 0 Å². The Kier molecular flexibility index (Phi) is 5.83. The molecule has 2 aliphatic heterocycles. The van der Waals surface area contributed by atoms with Crippen LogP contribution in [0.2, 0.25) is 0 Å². The zero-order valence-electron chi connectivity index (χ0n) is 15.6. The SMILES string of the molecule is O=C(C1CCN(Cc2csc(-c3ccc(F)cc3)n2)CC1)N1CCCCC1. The first-order valence-electron chi connectivity index (χ1n) is 9.90. The maximum Gasteiger partial charge on any atom is 0.225 e. The molecule has 2 aromatic rings. The van der Waals surface area contributed by atoms with E-state index in [4.69, 9.17) is 4.98 Å². The summed E-state index contributed by atoms with van der Waals surface area (Å²) in [6.45, 7) is 4.62. The van der Waals surface area contributed by atoms with Crippen molar-refractivity contribution in [2.24, 2.45) is 5.92 Å². The van der Waals surface area contributed by atoms with Crippen LogP contribution in [0.25, 0.3) is 10.6 Å². The van der Waals surface area contributed by atoms with Gasteiger partial charge in [-0.3, -0.25) is 9.69 Å². The minimum absolute atomic E-state index is 0.199. The Morgan fingerprint density at radius 3 is 2.48 bits per heavy atom. The standard InChI is InChI=1S/C21H26FN3OS/c22-18-6-4-16(5-7-18)20-23-19(15-27-20)14-24-12-8-17(9-13-24)21(26)25-10-2-1-3-11-25/h4-7,15,17H,1-3,8-14H2. The van der Waals surface area contributed by atoms with E-state index in [-0.39, 0.29) is 11.7 Å². The van der Waals surface area contributed by atoms with Crippen LogP contribution in [0.15, 0.2) is 29.6 Å². The van der Waals surface area contributed by atoms with Crippen LogP contribution >= 0.6 is 11.3 Å². The van der Waals surface area contributed by atoms with Crippen LogP contribution in [0.4, 0.5) is 4.39 Å². The van der Waals surface area contributed by atoms with Crippen LogP contribution in [0.3, 0.4) is 0 Å². The molecule has 0 spiro atoms. The van der Waals surface area contributed by atoms with Crippen LogP contribution in [0.5, 0.6) is 0 Å². The van der Waals surface area contributed by atoms with Gasteiger partial charge in [-0.05, 0) is 69.5 Å². The Labute approximate surface area is 164 Å². The molecule has 2 aliphatic rings. The molecule has 1 aromatic heterocycles. The van der Waals surface area contributed by atoms with Gasteiger partial charge in [0.05, 0.1) is 5.69 Å². The van der Waals surface area contributed by atoms with Gasteiger partial charge in [-0.15, -0.1) is 11.3 Å². The third kappa shape index (κ3) is 4.55. The number of hydrogen-bond acceptors (Lipinski definition) is 4. The number of likely N-dealkylation sites (tertiary alicyclic amines) is 2. The van der Waals surface area contributed by atoms with E-state index >= 15 is 0 Å². The summed E-state index contributed by atoms with van der Waals surface area (Å²) < 4.78 is 13.1. The fourth-order valence-corrected chi connectivity index (χ4v) is 4.86. The van der Waals surface area contributed by atoms with E-state index in [1.807, 2.05) is 0 Å². The van der Waals surface area contributed by atoms with E-state index in [0.29, 0.717) is 5.91 Å². The second-order valence-electron chi connectivity index (χ2n) is 7.59. The number of thiazole rings is 1. The summed E-state index contributed by atoms with van der Waals surface area (Å²) in [6.07, 6.45) is 5.47. The van der Waals surface area contributed by atoms with Crippen molar-refractivity contribution in [3.63, 3.8) is 0 Å². The molecule has 0 unspecified atom stereocenters. The first-order valence-corrected chi connectivity index (χ1v) is 10.8. The molecule has 2 saturated heterocycles. The summed E-state index contributed by atoms with van der Waals surface area (Å²) in [7, 11) is 0. The molecule has 27 heavy (non-hydrogen) atoms. The Bertz CT molecular complexity index is 762. The molecule has 1 aromatic carbocycles. The Morgan fingerprint density at radius 2 is 1.78 bits per heavy atom. The molecule has 0 atom stereocenters. The lowest BCUT2D eigenvalue weighted by Gasteiger charge is -2.35. The summed E-state index contributed by atoms with van der Waals surface area (Å²) in [5.74, 6) is 0.351. The molecule has 0 radical (unpaired) electrons. The molecule has 4 nitrogen and oxygen atoms in total. The van der Waals surface area contributed by atoms with Crippen molar-refractivity contribution in [3.05, 3.63) is 41.2 Å². The van der Waals surface area contributed by atoms with Gasteiger partial charge in [0.15, 0.2) is 0 Å². The van der Waals surface area contributed by atoms with Gasteiger partial charge in [0.2, 0.25) is 5.91 Å². The van der Waals surface area contributed by atoms with Crippen LogP contribution in [-0.4, -0.2) is 46.9 Å². The lowest BCUT2D eigenvalue weighted by atomic mass is 9.94. The predicted octanol–water partition coefficient (Wildman–Crippen LogP) is 4.17. The molecule has 0 N–H and O–H groups in total. The number of halogens is 1. The average Bonchev–Trinajstić information content (AvgIpc) is 3.18. The minimum Gasteiger partial charge on any atom is -0.342 e. The number of carbonyl (C=O) groups excluding carboxylic acids is 1. The first-order chi connectivity index (χ1) is 13.2. The van der Waals surface area contributed by atoms with Gasteiger partial charge in [-0.25, -0.2) is 9.37 Å². The van der Waals surface area contributed by atoms with Gasteiger partial charge < -0.3 is 4.90 Å². The van der Waals surface area contributed by atoms with Gasteiger partial charge in [-0.2, -0.15) is 0 Å².